The van der Waals surface area contributed by atoms with E-state index in [0.717, 1.165) is 11.4 Å². The number of nitrogens with zero attached hydrogens (tertiary/aromatic N) is 2. The first-order valence-electron chi connectivity index (χ1n) is 6.55. The van der Waals surface area contributed by atoms with Crippen LogP contribution in [0.25, 0.3) is 11.4 Å². The van der Waals surface area contributed by atoms with Gasteiger partial charge in [-0.15, -0.1) is 0 Å². The second-order valence-electron chi connectivity index (χ2n) is 4.58. The van der Waals surface area contributed by atoms with Crippen LogP contribution < -0.4 is 5.32 Å². The first-order chi connectivity index (χ1) is 9.63. The zero-order chi connectivity index (χ0) is 14.5. The Morgan fingerprint density at radius 2 is 2.10 bits per heavy atom. The van der Waals surface area contributed by atoms with Gasteiger partial charge in [0.05, 0.1) is 12.6 Å². The molecule has 0 bridgehead atoms. The van der Waals surface area contributed by atoms with Gasteiger partial charge in [-0.05, 0) is 25.5 Å². The number of nitrogens with one attached hydrogen (secondary N) is 2. The molecule has 1 aromatic carbocycles. The molecule has 2 rings (SSSR count). The van der Waals surface area contributed by atoms with E-state index >= 15 is 0 Å². The lowest BCUT2D eigenvalue weighted by Crippen LogP contribution is -2.36. The van der Waals surface area contributed by atoms with Crippen molar-refractivity contribution >= 4 is 5.91 Å². The third-order valence-corrected chi connectivity index (χ3v) is 3.05. The first-order valence-corrected chi connectivity index (χ1v) is 6.55. The monoisotopic (exact) mass is 274 g/mol. The summed E-state index contributed by atoms with van der Waals surface area (Å²) in [4.78, 5) is 16.2. The Hall–Kier alpha value is -2.21. The van der Waals surface area contributed by atoms with Crippen LogP contribution in [0.4, 0.5) is 0 Å². The number of amides is 1. The molecule has 0 aliphatic rings. The zero-order valence-electron chi connectivity index (χ0n) is 11.6. The van der Waals surface area contributed by atoms with Crippen molar-refractivity contribution in [3.63, 3.8) is 0 Å². The number of aromatic nitrogens is 3. The van der Waals surface area contributed by atoms with Crippen LogP contribution in [0.3, 0.4) is 0 Å². The molecule has 0 radical (unpaired) electrons. The second kappa shape index (κ2) is 6.29. The number of carbonyl (C=O) groups is 1. The summed E-state index contributed by atoms with van der Waals surface area (Å²) < 4.78 is 0. The summed E-state index contributed by atoms with van der Waals surface area (Å²) in [6, 6.07) is 6.84. The average molecular weight is 274 g/mol. The van der Waals surface area contributed by atoms with Gasteiger partial charge in [-0.3, -0.25) is 9.89 Å². The minimum absolute atomic E-state index is 0.0587. The molecule has 106 valence electrons. The maximum absolute atomic E-state index is 12.0. The molecule has 0 saturated carbocycles. The number of carbonyl (C=O) groups excluding carboxylic acids is 1. The predicted molar refractivity (Wildman–Crippen MR) is 75.2 cm³/mol. The molecule has 6 nitrogen and oxygen atoms in total. The molecule has 3 N–H and O–H groups in total. The van der Waals surface area contributed by atoms with Gasteiger partial charge < -0.3 is 10.4 Å². The molecule has 0 aliphatic heterocycles. The summed E-state index contributed by atoms with van der Waals surface area (Å²) in [5, 5.41) is 18.7. The zero-order valence-corrected chi connectivity index (χ0v) is 11.6. The maximum Gasteiger partial charge on any atom is 0.251 e. The molecule has 20 heavy (non-hydrogen) atoms. The van der Waals surface area contributed by atoms with Gasteiger partial charge in [-0.2, -0.15) is 5.10 Å². The molecule has 1 heterocycles. The van der Waals surface area contributed by atoms with Gasteiger partial charge in [0.15, 0.2) is 5.82 Å². The van der Waals surface area contributed by atoms with Crippen molar-refractivity contribution in [3.05, 3.63) is 35.7 Å². The third kappa shape index (κ3) is 3.21. The van der Waals surface area contributed by atoms with Crippen LogP contribution in [0.5, 0.6) is 0 Å². The normalized spacial score (nSPS) is 12.2. The molecular formula is C14H18N4O2. The van der Waals surface area contributed by atoms with E-state index in [0.29, 0.717) is 17.8 Å². The van der Waals surface area contributed by atoms with Crippen molar-refractivity contribution in [2.24, 2.45) is 0 Å². The summed E-state index contributed by atoms with van der Waals surface area (Å²) in [6.07, 6.45) is 0.691. The van der Waals surface area contributed by atoms with E-state index < -0.39 is 0 Å². The summed E-state index contributed by atoms with van der Waals surface area (Å²) in [7, 11) is 0. The Morgan fingerprint density at radius 1 is 1.40 bits per heavy atom. The molecule has 1 amide bonds. The molecule has 0 aliphatic carbocycles. The highest BCUT2D eigenvalue weighted by Crippen LogP contribution is 2.15. The highest BCUT2D eigenvalue weighted by molar-refractivity contribution is 5.94. The van der Waals surface area contributed by atoms with Crippen molar-refractivity contribution in [3.8, 4) is 11.4 Å². The van der Waals surface area contributed by atoms with Crippen LogP contribution >= 0.6 is 0 Å². The fourth-order valence-electron chi connectivity index (χ4n) is 1.79. The number of hydrogen-bond acceptors (Lipinski definition) is 4. The smallest absolute Gasteiger partial charge is 0.251 e. The van der Waals surface area contributed by atoms with E-state index in [1.807, 2.05) is 13.8 Å². The van der Waals surface area contributed by atoms with Crippen LogP contribution in [-0.4, -0.2) is 38.8 Å². The largest absolute Gasteiger partial charge is 0.394 e. The van der Waals surface area contributed by atoms with E-state index in [9.17, 15) is 4.79 Å². The Morgan fingerprint density at radius 3 is 2.60 bits per heavy atom. The van der Waals surface area contributed by atoms with Crippen molar-refractivity contribution in [1.29, 1.82) is 0 Å². The van der Waals surface area contributed by atoms with Crippen molar-refractivity contribution in [2.75, 3.05) is 6.61 Å². The van der Waals surface area contributed by atoms with Crippen LogP contribution in [0.15, 0.2) is 24.3 Å². The Labute approximate surface area is 117 Å². The molecule has 0 saturated heterocycles. The molecule has 1 atom stereocenters. The van der Waals surface area contributed by atoms with Gasteiger partial charge in [-0.25, -0.2) is 4.98 Å². The Bertz CT molecular complexity index is 573. The molecule has 0 spiro atoms. The lowest BCUT2D eigenvalue weighted by Gasteiger charge is -2.13. The van der Waals surface area contributed by atoms with Gasteiger partial charge in [0.25, 0.3) is 5.91 Å². The molecule has 0 fully saturated rings. The van der Waals surface area contributed by atoms with Gasteiger partial charge in [-0.1, -0.05) is 19.1 Å². The Balaban J connectivity index is 2.10. The average Bonchev–Trinajstić information content (AvgIpc) is 2.91. The molecule has 2 aromatic rings. The number of benzene rings is 1. The molecular weight excluding hydrogens is 256 g/mol. The van der Waals surface area contributed by atoms with Crippen molar-refractivity contribution in [2.45, 2.75) is 26.3 Å². The van der Waals surface area contributed by atoms with Gasteiger partial charge in [0.2, 0.25) is 0 Å². The first kappa shape index (κ1) is 14.2. The number of rotatable bonds is 5. The quantitative estimate of drug-likeness (QED) is 0.766. The highest BCUT2D eigenvalue weighted by atomic mass is 16.3. The number of aromatic amines is 1. The predicted octanol–water partition coefficient (Wildman–Crippen LogP) is 1.28. The molecule has 1 unspecified atom stereocenters. The summed E-state index contributed by atoms with van der Waals surface area (Å²) >= 11 is 0. The Kier molecular flexibility index (Phi) is 4.47. The van der Waals surface area contributed by atoms with Crippen LogP contribution in [0.2, 0.25) is 0 Å². The number of aryl methyl sites for hydroxylation is 1. The van der Waals surface area contributed by atoms with E-state index in [-0.39, 0.29) is 18.6 Å². The van der Waals surface area contributed by atoms with Gasteiger partial charge in [0, 0.05) is 11.1 Å². The number of hydrogen-bond donors (Lipinski definition) is 3. The van der Waals surface area contributed by atoms with E-state index in [4.69, 9.17) is 5.11 Å². The molecule has 1 aromatic heterocycles. The van der Waals surface area contributed by atoms with Gasteiger partial charge in [0.1, 0.15) is 5.82 Å². The van der Waals surface area contributed by atoms with Crippen molar-refractivity contribution < 1.29 is 9.90 Å². The minimum Gasteiger partial charge on any atom is -0.394 e. The van der Waals surface area contributed by atoms with E-state index in [1.54, 1.807) is 24.3 Å². The standard InChI is InChI=1S/C14H18N4O2/c1-3-12(8-19)16-14(20)11-6-4-10(5-7-11)13-15-9(2)17-18-13/h4-7,12,19H,3,8H2,1-2H3,(H,16,20)(H,15,17,18). The fourth-order valence-corrected chi connectivity index (χ4v) is 1.79. The lowest BCUT2D eigenvalue weighted by molar-refractivity contribution is 0.0915. The topological polar surface area (TPSA) is 90.9 Å². The SMILES string of the molecule is CCC(CO)NC(=O)c1ccc(-c2n[nH]c(C)n2)cc1. The lowest BCUT2D eigenvalue weighted by atomic mass is 10.1. The fraction of sp³-hybridized carbons (Fsp3) is 0.357. The van der Waals surface area contributed by atoms with Gasteiger partial charge >= 0.3 is 0 Å². The number of aliphatic hydroxyl groups excluding tert-OH is 1. The van der Waals surface area contributed by atoms with Crippen molar-refractivity contribution in [1.82, 2.24) is 20.5 Å². The summed E-state index contributed by atoms with van der Waals surface area (Å²) in [5.41, 5.74) is 1.40. The highest BCUT2D eigenvalue weighted by Gasteiger charge is 2.11. The second-order valence-corrected chi connectivity index (χ2v) is 4.58. The van der Waals surface area contributed by atoms with E-state index in [2.05, 4.69) is 20.5 Å². The van der Waals surface area contributed by atoms with Crippen LogP contribution in [-0.2, 0) is 0 Å². The van der Waals surface area contributed by atoms with E-state index in [1.165, 1.54) is 0 Å². The molecule has 6 heteroatoms. The number of aliphatic hydroxyl groups is 1. The summed E-state index contributed by atoms with van der Waals surface area (Å²) in [6.45, 7) is 3.69. The minimum atomic E-state index is -0.210. The summed E-state index contributed by atoms with van der Waals surface area (Å²) in [5.74, 6) is 1.16. The third-order valence-electron chi connectivity index (χ3n) is 3.05. The number of H-pyrrole nitrogens is 1. The van der Waals surface area contributed by atoms with Crippen LogP contribution in [0.1, 0.15) is 29.5 Å². The van der Waals surface area contributed by atoms with Crippen LogP contribution in [0, 0.1) is 6.92 Å². The maximum atomic E-state index is 12.0.